The van der Waals surface area contributed by atoms with Gasteiger partial charge in [-0.05, 0) is 18.1 Å². The fraction of sp³-hybridized carbons (Fsp3) is 0.462. The molecule has 0 radical (unpaired) electrons. The lowest BCUT2D eigenvalue weighted by molar-refractivity contribution is 0.174. The summed E-state index contributed by atoms with van der Waals surface area (Å²) >= 11 is 0. The summed E-state index contributed by atoms with van der Waals surface area (Å²) in [6.45, 7) is 1.75. The van der Waals surface area contributed by atoms with Crippen LogP contribution in [0, 0.1) is 0 Å². The van der Waals surface area contributed by atoms with E-state index in [1.54, 1.807) is 7.11 Å². The maximum atomic E-state index is 5.39. The largest absolute Gasteiger partial charge is 0.496 e. The first-order valence-corrected chi connectivity index (χ1v) is 5.99. The minimum Gasteiger partial charge on any atom is -0.496 e. The molecule has 0 bridgehead atoms. The molecular weight excluding hydrogens is 234 g/mol. The highest BCUT2D eigenvalue weighted by Gasteiger charge is 2.18. The Bertz CT molecular complexity index is 484. The zero-order valence-corrected chi connectivity index (χ0v) is 10.3. The van der Waals surface area contributed by atoms with Crippen molar-refractivity contribution in [1.29, 1.82) is 0 Å². The molecule has 0 spiro atoms. The molecule has 0 saturated carbocycles. The lowest BCUT2D eigenvalue weighted by Crippen LogP contribution is -2.02. The van der Waals surface area contributed by atoms with Gasteiger partial charge >= 0.3 is 0 Å². The van der Waals surface area contributed by atoms with Crippen molar-refractivity contribution in [3.63, 3.8) is 0 Å². The number of fused-ring (bicyclic) bond motifs is 1. The standard InChI is InChI=1S/C13H15NO4/c1-15-10-7-12-11(17-8-18-12)6-9(10)2-3-13-14-4-5-16-13/h6-7H,2-5,8H2,1H3. The highest BCUT2D eigenvalue weighted by atomic mass is 16.7. The van der Waals surface area contributed by atoms with E-state index in [1.807, 2.05) is 12.1 Å². The molecule has 0 amide bonds. The second kappa shape index (κ2) is 4.76. The maximum Gasteiger partial charge on any atom is 0.231 e. The zero-order chi connectivity index (χ0) is 12.4. The number of benzene rings is 1. The summed E-state index contributed by atoms with van der Waals surface area (Å²) in [7, 11) is 1.66. The van der Waals surface area contributed by atoms with Gasteiger partial charge in [-0.2, -0.15) is 0 Å². The third-order valence-electron chi connectivity index (χ3n) is 3.03. The quantitative estimate of drug-likeness (QED) is 0.816. The van der Waals surface area contributed by atoms with Crippen molar-refractivity contribution in [2.24, 2.45) is 4.99 Å². The van der Waals surface area contributed by atoms with Crippen LogP contribution in [0.2, 0.25) is 0 Å². The molecule has 5 nitrogen and oxygen atoms in total. The second-order valence-electron chi connectivity index (χ2n) is 4.14. The van der Waals surface area contributed by atoms with Crippen molar-refractivity contribution in [1.82, 2.24) is 0 Å². The number of aryl methyl sites for hydroxylation is 1. The summed E-state index contributed by atoms with van der Waals surface area (Å²) < 4.78 is 21.5. The van der Waals surface area contributed by atoms with Gasteiger partial charge in [0.05, 0.1) is 13.7 Å². The van der Waals surface area contributed by atoms with Crippen LogP contribution in [0.4, 0.5) is 0 Å². The molecular formula is C13H15NO4. The van der Waals surface area contributed by atoms with Crippen LogP contribution in [0.15, 0.2) is 17.1 Å². The number of methoxy groups -OCH3 is 1. The van der Waals surface area contributed by atoms with E-state index in [2.05, 4.69) is 4.99 Å². The van der Waals surface area contributed by atoms with Crippen molar-refractivity contribution >= 4 is 5.90 Å². The van der Waals surface area contributed by atoms with Crippen LogP contribution in [0.1, 0.15) is 12.0 Å². The number of aliphatic imine (C=N–C) groups is 1. The fourth-order valence-corrected chi connectivity index (χ4v) is 2.12. The molecule has 2 aliphatic heterocycles. The lowest BCUT2D eigenvalue weighted by Gasteiger charge is -2.09. The number of hydrogen-bond donors (Lipinski definition) is 0. The minimum absolute atomic E-state index is 0.276. The predicted molar refractivity (Wildman–Crippen MR) is 65.7 cm³/mol. The van der Waals surface area contributed by atoms with Crippen LogP contribution in [0.3, 0.4) is 0 Å². The van der Waals surface area contributed by atoms with Crippen molar-refractivity contribution in [3.05, 3.63) is 17.7 Å². The van der Waals surface area contributed by atoms with Crippen LogP contribution in [-0.2, 0) is 11.2 Å². The van der Waals surface area contributed by atoms with Gasteiger partial charge in [0.15, 0.2) is 17.4 Å². The Labute approximate surface area is 105 Å². The molecule has 2 aliphatic rings. The molecule has 96 valence electrons. The van der Waals surface area contributed by atoms with E-state index in [-0.39, 0.29) is 6.79 Å². The smallest absolute Gasteiger partial charge is 0.231 e. The average Bonchev–Trinajstić information content (AvgIpc) is 3.05. The van der Waals surface area contributed by atoms with E-state index in [4.69, 9.17) is 18.9 Å². The van der Waals surface area contributed by atoms with E-state index >= 15 is 0 Å². The van der Waals surface area contributed by atoms with E-state index < -0.39 is 0 Å². The molecule has 0 saturated heterocycles. The van der Waals surface area contributed by atoms with Crippen LogP contribution in [0.25, 0.3) is 0 Å². The number of ether oxygens (including phenoxy) is 4. The van der Waals surface area contributed by atoms with E-state index in [0.29, 0.717) is 6.61 Å². The van der Waals surface area contributed by atoms with Gasteiger partial charge in [-0.1, -0.05) is 0 Å². The van der Waals surface area contributed by atoms with Gasteiger partial charge in [-0.3, -0.25) is 4.99 Å². The molecule has 5 heteroatoms. The van der Waals surface area contributed by atoms with Crippen LogP contribution < -0.4 is 14.2 Å². The second-order valence-corrected chi connectivity index (χ2v) is 4.14. The summed E-state index contributed by atoms with van der Waals surface area (Å²) in [6, 6.07) is 3.84. The average molecular weight is 249 g/mol. The third-order valence-corrected chi connectivity index (χ3v) is 3.03. The Morgan fingerprint density at radius 3 is 2.72 bits per heavy atom. The molecule has 18 heavy (non-hydrogen) atoms. The zero-order valence-electron chi connectivity index (χ0n) is 10.3. The van der Waals surface area contributed by atoms with Gasteiger partial charge < -0.3 is 18.9 Å². The molecule has 3 rings (SSSR count). The van der Waals surface area contributed by atoms with E-state index in [9.17, 15) is 0 Å². The first kappa shape index (κ1) is 11.2. The van der Waals surface area contributed by atoms with Crippen LogP contribution in [0.5, 0.6) is 17.2 Å². The SMILES string of the molecule is COc1cc2c(cc1CCC1=NCCO1)OCO2. The first-order valence-electron chi connectivity index (χ1n) is 5.99. The van der Waals surface area contributed by atoms with Crippen molar-refractivity contribution in [2.45, 2.75) is 12.8 Å². The van der Waals surface area contributed by atoms with Gasteiger partial charge in [-0.25, -0.2) is 0 Å². The maximum absolute atomic E-state index is 5.39. The Morgan fingerprint density at radius 2 is 2.00 bits per heavy atom. The molecule has 0 aliphatic carbocycles. The Morgan fingerprint density at radius 1 is 1.17 bits per heavy atom. The van der Waals surface area contributed by atoms with Gasteiger partial charge in [0.2, 0.25) is 6.79 Å². The summed E-state index contributed by atoms with van der Waals surface area (Å²) in [5, 5.41) is 0. The van der Waals surface area contributed by atoms with Crippen molar-refractivity contribution in [3.8, 4) is 17.2 Å². The number of nitrogens with zero attached hydrogens (tertiary/aromatic N) is 1. The summed E-state index contributed by atoms with van der Waals surface area (Å²) in [5.41, 5.74) is 1.08. The monoisotopic (exact) mass is 249 g/mol. The van der Waals surface area contributed by atoms with Crippen molar-refractivity contribution < 1.29 is 18.9 Å². The number of rotatable bonds is 4. The Hall–Kier alpha value is -1.91. The first-order chi connectivity index (χ1) is 8.86. The molecule has 0 unspecified atom stereocenters. The summed E-state index contributed by atoms with van der Waals surface area (Å²) in [6.07, 6.45) is 1.61. The molecule has 0 fully saturated rings. The lowest BCUT2D eigenvalue weighted by atomic mass is 10.1. The van der Waals surface area contributed by atoms with E-state index in [0.717, 1.165) is 48.1 Å². The molecule has 2 heterocycles. The predicted octanol–water partition coefficient (Wildman–Crippen LogP) is 1.79. The third kappa shape index (κ3) is 2.08. The molecule has 0 atom stereocenters. The van der Waals surface area contributed by atoms with Crippen LogP contribution in [-0.4, -0.2) is 33.0 Å². The van der Waals surface area contributed by atoms with Gasteiger partial charge in [-0.15, -0.1) is 0 Å². The number of hydrogen-bond acceptors (Lipinski definition) is 5. The molecule has 0 N–H and O–H groups in total. The Balaban J connectivity index is 1.77. The fourth-order valence-electron chi connectivity index (χ4n) is 2.12. The van der Waals surface area contributed by atoms with Crippen LogP contribution >= 0.6 is 0 Å². The van der Waals surface area contributed by atoms with Gasteiger partial charge in [0.1, 0.15) is 12.4 Å². The van der Waals surface area contributed by atoms with E-state index in [1.165, 1.54) is 0 Å². The highest BCUT2D eigenvalue weighted by molar-refractivity contribution is 5.77. The molecule has 1 aromatic carbocycles. The molecule has 1 aromatic rings. The topological polar surface area (TPSA) is 49.3 Å². The Kier molecular flexibility index (Phi) is 2.96. The normalized spacial score (nSPS) is 16.4. The minimum atomic E-state index is 0.276. The summed E-state index contributed by atoms with van der Waals surface area (Å²) in [5.74, 6) is 3.16. The van der Waals surface area contributed by atoms with Gasteiger partial charge in [0, 0.05) is 12.5 Å². The van der Waals surface area contributed by atoms with Gasteiger partial charge in [0.25, 0.3) is 0 Å². The van der Waals surface area contributed by atoms with Crippen molar-refractivity contribution in [2.75, 3.05) is 27.1 Å². The highest BCUT2D eigenvalue weighted by Crippen LogP contribution is 2.38. The summed E-state index contributed by atoms with van der Waals surface area (Å²) in [4.78, 5) is 4.28. The molecule has 0 aromatic heterocycles.